The summed E-state index contributed by atoms with van der Waals surface area (Å²) < 4.78 is 5.99. The van der Waals surface area contributed by atoms with Crippen molar-refractivity contribution in [2.24, 2.45) is 5.92 Å². The number of hydrogen-bond acceptors (Lipinski definition) is 3. The quantitative estimate of drug-likeness (QED) is 0.729. The molecule has 2 aromatic rings. The van der Waals surface area contributed by atoms with E-state index in [0.29, 0.717) is 23.7 Å². The summed E-state index contributed by atoms with van der Waals surface area (Å²) in [5.74, 6) is -0.0269. The number of benzene rings is 2. The number of halogens is 1. The smallest absolute Gasteiger partial charge is 0.286 e. The second kappa shape index (κ2) is 8.92. The van der Waals surface area contributed by atoms with Crippen LogP contribution < -0.4 is 10.6 Å². The van der Waals surface area contributed by atoms with Crippen molar-refractivity contribution in [2.45, 2.75) is 44.9 Å². The Balaban J connectivity index is 1.34. The summed E-state index contributed by atoms with van der Waals surface area (Å²) >= 11 is 5.91. The lowest BCUT2D eigenvalue weighted by molar-refractivity contribution is -0.134. The Labute approximate surface area is 181 Å². The number of carbonyl (C=O) groups excluding carboxylic acids is 2. The minimum absolute atomic E-state index is 0.0331. The van der Waals surface area contributed by atoms with Gasteiger partial charge < -0.3 is 15.4 Å². The summed E-state index contributed by atoms with van der Waals surface area (Å²) in [6.45, 7) is 2.55. The molecule has 2 N–H and O–H groups in total. The maximum Gasteiger partial charge on any atom is 0.286 e. The first-order chi connectivity index (χ1) is 14.5. The van der Waals surface area contributed by atoms with Crippen LogP contribution in [0.2, 0.25) is 5.02 Å². The van der Waals surface area contributed by atoms with Crippen molar-refractivity contribution in [3.63, 3.8) is 0 Å². The minimum atomic E-state index is -0.244. The average molecular weight is 425 g/mol. The standard InChI is InChI=1S/C24H25ClN2O3/c1-15-2-4-17(5-3-15)14-26-23(28)18-8-11-21-20(13-18)27-24(29)22(30-21)12-16-6-9-19(25)10-7-16/h2-7,9-10,12,18,20-21H,8,11,13-14H2,1H3,(H,26,28)(H,27,29)/b22-12+. The highest BCUT2D eigenvalue weighted by molar-refractivity contribution is 6.30. The van der Waals surface area contributed by atoms with Crippen LogP contribution in [0.1, 0.15) is 36.0 Å². The van der Waals surface area contributed by atoms with Gasteiger partial charge in [0.15, 0.2) is 5.76 Å². The van der Waals surface area contributed by atoms with Crippen LogP contribution >= 0.6 is 11.6 Å². The molecular formula is C24H25ClN2O3. The van der Waals surface area contributed by atoms with Gasteiger partial charge in [-0.15, -0.1) is 0 Å². The van der Waals surface area contributed by atoms with Crippen molar-refractivity contribution < 1.29 is 14.3 Å². The van der Waals surface area contributed by atoms with Gasteiger partial charge in [-0.25, -0.2) is 0 Å². The molecule has 0 radical (unpaired) electrons. The van der Waals surface area contributed by atoms with Crippen LogP contribution in [0.4, 0.5) is 0 Å². The van der Waals surface area contributed by atoms with E-state index in [4.69, 9.17) is 16.3 Å². The molecule has 1 saturated heterocycles. The molecule has 1 saturated carbocycles. The SMILES string of the molecule is Cc1ccc(CNC(=O)C2CCC3O/C(=C/c4ccc(Cl)cc4)C(=O)NC3C2)cc1. The van der Waals surface area contributed by atoms with Crippen molar-refractivity contribution in [1.82, 2.24) is 10.6 Å². The lowest BCUT2D eigenvalue weighted by atomic mass is 9.82. The van der Waals surface area contributed by atoms with Crippen LogP contribution in [-0.4, -0.2) is 24.0 Å². The van der Waals surface area contributed by atoms with Gasteiger partial charge in [0, 0.05) is 17.5 Å². The van der Waals surface area contributed by atoms with E-state index in [1.165, 1.54) is 5.56 Å². The molecule has 156 valence electrons. The number of hydrogen-bond donors (Lipinski definition) is 2. The Bertz CT molecular complexity index is 953. The molecule has 2 fully saturated rings. The number of amides is 2. The number of carbonyl (C=O) groups is 2. The molecule has 1 aliphatic carbocycles. The van der Waals surface area contributed by atoms with Gasteiger partial charge in [0.25, 0.3) is 5.91 Å². The Hall–Kier alpha value is -2.79. The highest BCUT2D eigenvalue weighted by atomic mass is 35.5. The Kier molecular flexibility index (Phi) is 6.09. The van der Waals surface area contributed by atoms with E-state index in [1.807, 2.05) is 43.3 Å². The summed E-state index contributed by atoms with van der Waals surface area (Å²) in [6, 6.07) is 15.2. The molecule has 2 amide bonds. The van der Waals surface area contributed by atoms with Gasteiger partial charge in [-0.05, 0) is 55.5 Å². The first kappa shape index (κ1) is 20.5. The first-order valence-corrected chi connectivity index (χ1v) is 10.6. The van der Waals surface area contributed by atoms with Crippen LogP contribution in [-0.2, 0) is 20.9 Å². The number of rotatable bonds is 4. The molecule has 0 spiro atoms. The van der Waals surface area contributed by atoms with Gasteiger partial charge in [0.2, 0.25) is 5.91 Å². The Morgan fingerprint density at radius 1 is 1.17 bits per heavy atom. The molecule has 5 nitrogen and oxygen atoms in total. The molecule has 1 aliphatic heterocycles. The van der Waals surface area contributed by atoms with Crippen molar-refractivity contribution in [2.75, 3.05) is 0 Å². The molecule has 1 heterocycles. The molecule has 0 bridgehead atoms. The van der Waals surface area contributed by atoms with Gasteiger partial charge in [0.1, 0.15) is 6.10 Å². The normalized spacial score (nSPS) is 24.5. The van der Waals surface area contributed by atoms with Gasteiger partial charge >= 0.3 is 0 Å². The second-order valence-electron chi connectivity index (χ2n) is 8.01. The van der Waals surface area contributed by atoms with Gasteiger partial charge in [0.05, 0.1) is 6.04 Å². The van der Waals surface area contributed by atoms with E-state index in [9.17, 15) is 9.59 Å². The van der Waals surface area contributed by atoms with Crippen LogP contribution in [0.15, 0.2) is 54.3 Å². The van der Waals surface area contributed by atoms with E-state index in [2.05, 4.69) is 10.6 Å². The van der Waals surface area contributed by atoms with Crippen molar-refractivity contribution in [1.29, 1.82) is 0 Å². The number of fused-ring (bicyclic) bond motifs is 1. The molecule has 4 rings (SSSR count). The largest absolute Gasteiger partial charge is 0.483 e. The molecule has 3 atom stereocenters. The predicted octanol–water partition coefficient (Wildman–Crippen LogP) is 3.99. The first-order valence-electron chi connectivity index (χ1n) is 10.3. The summed E-state index contributed by atoms with van der Waals surface area (Å²) in [5, 5.41) is 6.70. The third-order valence-corrected chi connectivity index (χ3v) is 5.98. The van der Waals surface area contributed by atoms with Crippen molar-refractivity contribution in [3.05, 3.63) is 76.0 Å². The van der Waals surface area contributed by atoms with E-state index in [-0.39, 0.29) is 29.9 Å². The van der Waals surface area contributed by atoms with Crippen LogP contribution in [0.5, 0.6) is 0 Å². The van der Waals surface area contributed by atoms with E-state index in [0.717, 1.165) is 24.0 Å². The fraction of sp³-hybridized carbons (Fsp3) is 0.333. The maximum atomic E-state index is 12.6. The second-order valence-corrected chi connectivity index (χ2v) is 8.45. The number of aryl methyl sites for hydroxylation is 1. The third-order valence-electron chi connectivity index (χ3n) is 5.73. The van der Waals surface area contributed by atoms with Gasteiger partial charge in [-0.2, -0.15) is 0 Å². The average Bonchev–Trinajstić information content (AvgIpc) is 2.75. The minimum Gasteiger partial charge on any atom is -0.483 e. The van der Waals surface area contributed by atoms with Crippen LogP contribution in [0.25, 0.3) is 6.08 Å². The fourth-order valence-electron chi connectivity index (χ4n) is 3.98. The lowest BCUT2D eigenvalue weighted by Crippen LogP contribution is -2.54. The van der Waals surface area contributed by atoms with Crippen LogP contribution in [0.3, 0.4) is 0 Å². The Morgan fingerprint density at radius 3 is 2.63 bits per heavy atom. The summed E-state index contributed by atoms with van der Waals surface area (Å²) in [4.78, 5) is 25.1. The molecule has 30 heavy (non-hydrogen) atoms. The predicted molar refractivity (Wildman–Crippen MR) is 117 cm³/mol. The van der Waals surface area contributed by atoms with Crippen LogP contribution in [0, 0.1) is 12.8 Å². The van der Waals surface area contributed by atoms with E-state index < -0.39 is 0 Å². The fourth-order valence-corrected chi connectivity index (χ4v) is 4.11. The summed E-state index contributed by atoms with van der Waals surface area (Å²) in [6.07, 6.45) is 3.67. The molecule has 6 heteroatoms. The highest BCUT2D eigenvalue weighted by Gasteiger charge is 2.40. The summed E-state index contributed by atoms with van der Waals surface area (Å²) in [7, 11) is 0. The van der Waals surface area contributed by atoms with Gasteiger partial charge in [-0.3, -0.25) is 9.59 Å². The zero-order chi connectivity index (χ0) is 21.1. The number of morpholine rings is 1. The monoisotopic (exact) mass is 424 g/mol. The third kappa shape index (κ3) is 4.85. The van der Waals surface area contributed by atoms with E-state index in [1.54, 1.807) is 18.2 Å². The molecule has 0 aromatic heterocycles. The number of nitrogens with one attached hydrogen (secondary N) is 2. The van der Waals surface area contributed by atoms with Gasteiger partial charge in [-0.1, -0.05) is 53.6 Å². The summed E-state index contributed by atoms with van der Waals surface area (Å²) in [5.41, 5.74) is 3.13. The molecule has 2 aliphatic rings. The number of ether oxygens (including phenoxy) is 1. The maximum absolute atomic E-state index is 12.6. The lowest BCUT2D eigenvalue weighted by Gasteiger charge is -2.39. The molecule has 2 aromatic carbocycles. The zero-order valence-electron chi connectivity index (χ0n) is 16.9. The zero-order valence-corrected chi connectivity index (χ0v) is 17.6. The van der Waals surface area contributed by atoms with E-state index >= 15 is 0 Å². The topological polar surface area (TPSA) is 67.4 Å². The molecule has 3 unspecified atom stereocenters. The Morgan fingerprint density at radius 2 is 1.90 bits per heavy atom. The van der Waals surface area contributed by atoms with Crippen molar-refractivity contribution >= 4 is 29.5 Å². The highest BCUT2D eigenvalue weighted by Crippen LogP contribution is 2.31. The van der Waals surface area contributed by atoms with Crippen molar-refractivity contribution in [3.8, 4) is 0 Å². The molecular weight excluding hydrogens is 400 g/mol.